The minimum absolute atomic E-state index is 0.120. The molecule has 1 aliphatic carbocycles. The normalized spacial score (nSPS) is 21.5. The number of nitriles is 1. The molecule has 0 bridgehead atoms. The second kappa shape index (κ2) is 7.22. The molecule has 5 rings (SSSR count). The molecular formula is C21H20N4O3S2. The number of fused-ring (bicyclic) bond motifs is 2. The number of benzene rings is 1. The fraction of sp³-hybridized carbons (Fsp3) is 0.381. The first kappa shape index (κ1) is 19.3. The summed E-state index contributed by atoms with van der Waals surface area (Å²) in [5.74, 6) is 0.0159. The van der Waals surface area contributed by atoms with Crippen LogP contribution in [0.5, 0.6) is 0 Å². The van der Waals surface area contributed by atoms with Gasteiger partial charge in [0.05, 0.1) is 11.5 Å². The molecule has 0 radical (unpaired) electrons. The van der Waals surface area contributed by atoms with Gasteiger partial charge in [0.1, 0.15) is 16.0 Å². The summed E-state index contributed by atoms with van der Waals surface area (Å²) in [6.07, 6.45) is 4.42. The number of amidine groups is 1. The Morgan fingerprint density at radius 3 is 2.93 bits per heavy atom. The molecule has 1 atom stereocenters. The number of likely N-dealkylation sites (tertiary alicyclic amines) is 1. The fourth-order valence-corrected chi connectivity index (χ4v) is 6.99. The van der Waals surface area contributed by atoms with Crippen LogP contribution in [0.15, 0.2) is 33.6 Å². The van der Waals surface area contributed by atoms with Crippen molar-refractivity contribution in [2.45, 2.75) is 37.0 Å². The molecule has 9 heteroatoms. The van der Waals surface area contributed by atoms with Gasteiger partial charge in [-0.15, -0.1) is 15.7 Å². The second-order valence-electron chi connectivity index (χ2n) is 7.83. The number of carbonyl (C=O) groups is 1. The van der Waals surface area contributed by atoms with Gasteiger partial charge in [0.15, 0.2) is 5.84 Å². The van der Waals surface area contributed by atoms with Crippen molar-refractivity contribution >= 4 is 38.1 Å². The molecule has 1 amide bonds. The summed E-state index contributed by atoms with van der Waals surface area (Å²) in [5, 5.41) is 13.2. The molecule has 1 aromatic carbocycles. The largest absolute Gasteiger partial charge is 0.355 e. The van der Waals surface area contributed by atoms with Gasteiger partial charge in [0.25, 0.3) is 10.0 Å². The Morgan fingerprint density at radius 2 is 2.10 bits per heavy atom. The maximum atomic E-state index is 13.0. The van der Waals surface area contributed by atoms with E-state index in [1.165, 1.54) is 16.2 Å². The average molecular weight is 441 g/mol. The van der Waals surface area contributed by atoms with Gasteiger partial charge < -0.3 is 10.2 Å². The van der Waals surface area contributed by atoms with E-state index in [0.717, 1.165) is 37.7 Å². The van der Waals surface area contributed by atoms with Gasteiger partial charge in [0.2, 0.25) is 5.91 Å². The predicted octanol–water partition coefficient (Wildman–Crippen LogP) is 2.91. The van der Waals surface area contributed by atoms with Crippen LogP contribution in [0.25, 0.3) is 0 Å². The summed E-state index contributed by atoms with van der Waals surface area (Å²) in [4.78, 5) is 16.3. The number of anilines is 1. The third-order valence-electron chi connectivity index (χ3n) is 5.97. The first-order valence-electron chi connectivity index (χ1n) is 10.0. The van der Waals surface area contributed by atoms with Crippen LogP contribution >= 0.6 is 11.3 Å². The molecule has 0 unspecified atom stereocenters. The smallest absolute Gasteiger partial charge is 0.285 e. The molecule has 30 heavy (non-hydrogen) atoms. The van der Waals surface area contributed by atoms with E-state index in [-0.39, 0.29) is 16.7 Å². The van der Waals surface area contributed by atoms with E-state index in [1.54, 1.807) is 24.3 Å². The molecule has 1 fully saturated rings. The highest BCUT2D eigenvalue weighted by Gasteiger charge is 2.35. The Balaban J connectivity index is 1.36. The Kier molecular flexibility index (Phi) is 4.64. The van der Waals surface area contributed by atoms with Crippen LogP contribution in [0, 0.1) is 17.2 Å². The highest BCUT2D eigenvalue weighted by Crippen LogP contribution is 2.39. The summed E-state index contributed by atoms with van der Waals surface area (Å²) in [6, 6.07) is 9.06. The number of aryl methyl sites for hydroxylation is 1. The number of hydrogen-bond acceptors (Lipinski definition) is 6. The average Bonchev–Trinajstić information content (AvgIpc) is 3.40. The van der Waals surface area contributed by atoms with Crippen LogP contribution in [0.4, 0.5) is 5.00 Å². The maximum absolute atomic E-state index is 13.0. The summed E-state index contributed by atoms with van der Waals surface area (Å²) >= 11 is 1.51. The van der Waals surface area contributed by atoms with Crippen molar-refractivity contribution in [1.82, 2.24) is 4.90 Å². The van der Waals surface area contributed by atoms with Crippen molar-refractivity contribution in [3.63, 3.8) is 0 Å². The first-order valence-corrected chi connectivity index (χ1v) is 12.3. The number of amides is 1. The van der Waals surface area contributed by atoms with Crippen molar-refractivity contribution in [3.05, 3.63) is 45.8 Å². The standard InChI is InChI=1S/C21H20N4O3S2/c22-11-16-14-7-3-8-17(14)29-21(16)23-20(26)13-5-4-10-25(12-13)19-15-6-1-2-9-18(15)30(27,28)24-19/h1-2,6,9,13H,3-5,7-8,10,12H2,(H,23,26)/t13-/m0/s1. The topological polar surface area (TPSA) is 103 Å². The number of hydrogen-bond donors (Lipinski definition) is 1. The van der Waals surface area contributed by atoms with Gasteiger partial charge in [-0.2, -0.15) is 13.7 Å². The molecule has 154 valence electrons. The number of thiophene rings is 1. The van der Waals surface area contributed by atoms with E-state index in [4.69, 9.17) is 0 Å². The SMILES string of the molecule is N#Cc1c(NC(=O)[C@H]2CCCN(C3=NS(=O)(=O)c4ccccc43)C2)sc2c1CCC2. The quantitative estimate of drug-likeness (QED) is 0.774. The van der Waals surface area contributed by atoms with E-state index >= 15 is 0 Å². The molecule has 1 saturated heterocycles. The Labute approximate surface area is 179 Å². The summed E-state index contributed by atoms with van der Waals surface area (Å²) < 4.78 is 28.8. The Morgan fingerprint density at radius 1 is 1.27 bits per heavy atom. The van der Waals surface area contributed by atoms with Gasteiger partial charge in [-0.25, -0.2) is 0 Å². The van der Waals surface area contributed by atoms with E-state index < -0.39 is 10.0 Å². The van der Waals surface area contributed by atoms with Crippen LogP contribution in [0.1, 0.15) is 40.8 Å². The molecule has 3 heterocycles. The predicted molar refractivity (Wildman–Crippen MR) is 114 cm³/mol. The minimum Gasteiger partial charge on any atom is -0.355 e. The van der Waals surface area contributed by atoms with Crippen molar-refractivity contribution in [2.24, 2.45) is 10.3 Å². The second-order valence-corrected chi connectivity index (χ2v) is 10.5. The number of nitrogens with one attached hydrogen (secondary N) is 1. The highest BCUT2D eigenvalue weighted by atomic mass is 32.2. The third-order valence-corrected chi connectivity index (χ3v) is 8.51. The third kappa shape index (κ3) is 3.11. The highest BCUT2D eigenvalue weighted by molar-refractivity contribution is 7.90. The van der Waals surface area contributed by atoms with E-state index in [2.05, 4.69) is 15.8 Å². The van der Waals surface area contributed by atoms with Crippen molar-refractivity contribution < 1.29 is 13.2 Å². The summed E-state index contributed by atoms with van der Waals surface area (Å²) in [6.45, 7) is 1.06. The lowest BCUT2D eigenvalue weighted by Gasteiger charge is -2.33. The zero-order valence-corrected chi connectivity index (χ0v) is 17.9. The van der Waals surface area contributed by atoms with E-state index in [9.17, 15) is 18.5 Å². The molecule has 0 spiro atoms. The van der Waals surface area contributed by atoms with Crippen LogP contribution in [-0.4, -0.2) is 38.2 Å². The van der Waals surface area contributed by atoms with Crippen molar-refractivity contribution in [3.8, 4) is 6.07 Å². The van der Waals surface area contributed by atoms with E-state index in [1.807, 2.05) is 4.90 Å². The lowest BCUT2D eigenvalue weighted by Crippen LogP contribution is -2.43. The fourth-order valence-electron chi connectivity index (χ4n) is 4.52. The number of rotatable bonds is 2. The Bertz CT molecular complexity index is 1220. The first-order chi connectivity index (χ1) is 14.5. The van der Waals surface area contributed by atoms with Crippen molar-refractivity contribution in [1.29, 1.82) is 5.26 Å². The number of nitrogens with zero attached hydrogens (tertiary/aromatic N) is 3. The zero-order valence-electron chi connectivity index (χ0n) is 16.2. The number of sulfonamides is 1. The molecule has 3 aliphatic rings. The lowest BCUT2D eigenvalue weighted by molar-refractivity contribution is -0.121. The molecule has 1 aromatic heterocycles. The van der Waals surface area contributed by atoms with Gasteiger partial charge >= 0.3 is 0 Å². The Hall–Kier alpha value is -2.70. The van der Waals surface area contributed by atoms with Gasteiger partial charge in [-0.3, -0.25) is 4.79 Å². The molecule has 0 saturated carbocycles. The molecule has 2 aromatic rings. The van der Waals surface area contributed by atoms with Crippen LogP contribution in [0.2, 0.25) is 0 Å². The van der Waals surface area contributed by atoms with Crippen LogP contribution < -0.4 is 5.32 Å². The monoisotopic (exact) mass is 440 g/mol. The van der Waals surface area contributed by atoms with Gasteiger partial charge in [-0.05, 0) is 49.8 Å². The van der Waals surface area contributed by atoms with Crippen LogP contribution in [-0.2, 0) is 27.7 Å². The van der Waals surface area contributed by atoms with Crippen LogP contribution in [0.3, 0.4) is 0 Å². The van der Waals surface area contributed by atoms with Gasteiger partial charge in [0, 0.05) is 23.5 Å². The summed E-state index contributed by atoms with van der Waals surface area (Å²) in [5.41, 5.74) is 2.29. The molecule has 2 aliphatic heterocycles. The lowest BCUT2D eigenvalue weighted by atomic mass is 9.96. The molecule has 1 N–H and O–H groups in total. The number of carbonyl (C=O) groups excluding carboxylic acids is 1. The maximum Gasteiger partial charge on any atom is 0.285 e. The molecular weight excluding hydrogens is 420 g/mol. The summed E-state index contributed by atoms with van der Waals surface area (Å²) in [7, 11) is -3.69. The van der Waals surface area contributed by atoms with Crippen molar-refractivity contribution in [2.75, 3.05) is 18.4 Å². The minimum atomic E-state index is -3.69. The number of piperidine rings is 1. The zero-order chi connectivity index (χ0) is 20.9. The molecule has 7 nitrogen and oxygen atoms in total. The van der Waals surface area contributed by atoms with E-state index in [0.29, 0.717) is 35.1 Å². The van der Waals surface area contributed by atoms with Gasteiger partial charge in [-0.1, -0.05) is 12.1 Å².